The van der Waals surface area contributed by atoms with E-state index in [1.807, 2.05) is 60.7 Å². The highest BCUT2D eigenvalue weighted by molar-refractivity contribution is 6.44. The van der Waals surface area contributed by atoms with E-state index in [-0.39, 0.29) is 51.2 Å². The standard InChI is InChI=1S/C35H39NO8.C13H11NO6.C11H16O2.CH4/c1-41-28-18-14-25(15-19-28)10-6-8-22-43-34(39)30-24-31(36(30)33(38)32(37)27-12-4-3-5-13-27)35(40)44-23-9-7-11-26-16-20-29(42-2)21-17-26;15-10(7-4-2-1-3-5-7)11(16)14-8(12(17)18)6-9(14)13(19)20;1-13-11-7-5-10(6-8-11)4-2-3-9-12;/h3-5,12-21,30-31H,6-11,22-24H2,1-2H3;1-5,8-9H,6H2,(H,17,18)(H,19,20);5-8,12H,2-4,9H2,1H3;1H4/t30-,31-;8-,9-;;/m00../s1. The molecule has 78 heavy (non-hydrogen) atoms. The number of rotatable bonds is 25. The smallest absolute Gasteiger partial charge is 0.328 e. The Kier molecular flexibility index (Phi) is 25.7. The number of Topliss-reactive ketones (excluding diaryl/α,β-unsaturated/α-hetero) is 2. The number of nitrogens with zero attached hydrogens (tertiary/aromatic N) is 2. The minimum absolute atomic E-state index is 0. The number of hydrogen-bond donors (Lipinski definition) is 3. The average Bonchev–Trinajstić information content (AvgIpc) is 3.47. The van der Waals surface area contributed by atoms with Crippen molar-refractivity contribution in [2.24, 2.45) is 0 Å². The Morgan fingerprint density at radius 1 is 0.436 bits per heavy atom. The molecule has 2 amide bonds. The summed E-state index contributed by atoms with van der Waals surface area (Å²) in [6.45, 7) is 0.628. The number of methoxy groups -OCH3 is 3. The molecule has 4 atom stereocenters. The van der Waals surface area contributed by atoms with Gasteiger partial charge in [-0.1, -0.05) is 104 Å². The van der Waals surface area contributed by atoms with Gasteiger partial charge in [0.1, 0.15) is 41.4 Å². The SMILES string of the molecule is C.COc1ccc(CCCCO)cc1.COc1ccc(CCCCOC(=O)[C@@H]2C[C@@H](C(=O)OCCCCc3ccc(OC)cc3)N2C(=O)C(=O)c2ccccc2)cc1.O=C(C(=O)N1[C@H](C(=O)O)C[C@H]1C(=O)O)c1ccccc1. The number of carboxylic acids is 2. The van der Waals surface area contributed by atoms with Crippen LogP contribution in [0.2, 0.25) is 0 Å². The molecule has 2 aliphatic heterocycles. The Morgan fingerprint density at radius 2 is 0.744 bits per heavy atom. The van der Waals surface area contributed by atoms with Gasteiger partial charge in [-0.05, 0) is 111 Å². The van der Waals surface area contributed by atoms with E-state index >= 15 is 0 Å². The molecule has 0 aliphatic carbocycles. The summed E-state index contributed by atoms with van der Waals surface area (Å²) in [5.41, 5.74) is 3.87. The lowest BCUT2D eigenvalue weighted by Crippen LogP contribution is -2.66. The average molecular weight is 1080 g/mol. The van der Waals surface area contributed by atoms with Crippen LogP contribution in [0.25, 0.3) is 0 Å². The van der Waals surface area contributed by atoms with E-state index in [2.05, 4.69) is 12.1 Å². The maximum absolute atomic E-state index is 13.3. The number of aliphatic hydroxyl groups is 1. The molecule has 2 saturated heterocycles. The van der Waals surface area contributed by atoms with Crippen LogP contribution < -0.4 is 14.2 Å². The summed E-state index contributed by atoms with van der Waals surface area (Å²) in [5.74, 6) is -5.17. The quantitative estimate of drug-likeness (QED) is 0.0220. The van der Waals surface area contributed by atoms with Crippen LogP contribution in [0, 0.1) is 0 Å². The van der Waals surface area contributed by atoms with Gasteiger partial charge in [0, 0.05) is 30.6 Å². The Hall–Kier alpha value is -8.38. The fourth-order valence-corrected chi connectivity index (χ4v) is 8.34. The molecule has 0 radical (unpaired) electrons. The predicted octanol–water partition coefficient (Wildman–Crippen LogP) is 7.64. The van der Waals surface area contributed by atoms with Crippen molar-refractivity contribution in [2.45, 2.75) is 102 Å². The van der Waals surface area contributed by atoms with E-state index in [1.54, 1.807) is 57.7 Å². The number of ketones is 2. The van der Waals surface area contributed by atoms with E-state index in [1.165, 1.54) is 29.8 Å². The minimum Gasteiger partial charge on any atom is -0.497 e. The zero-order valence-electron chi connectivity index (χ0n) is 43.5. The molecule has 5 aromatic carbocycles. The highest BCUT2D eigenvalue weighted by Gasteiger charge is 2.53. The van der Waals surface area contributed by atoms with Gasteiger partial charge in [-0.15, -0.1) is 0 Å². The first kappa shape index (κ1) is 62.2. The van der Waals surface area contributed by atoms with Gasteiger partial charge >= 0.3 is 23.9 Å². The van der Waals surface area contributed by atoms with Crippen molar-refractivity contribution in [3.63, 3.8) is 0 Å². The van der Waals surface area contributed by atoms with E-state index in [9.17, 15) is 38.4 Å². The topological polar surface area (TPSA) is 250 Å². The number of ether oxygens (including phenoxy) is 5. The van der Waals surface area contributed by atoms with Gasteiger partial charge in [0.2, 0.25) is 11.6 Å². The molecule has 0 unspecified atom stereocenters. The second kappa shape index (κ2) is 32.3. The van der Waals surface area contributed by atoms with Crippen LogP contribution in [0.1, 0.15) is 96.2 Å². The summed E-state index contributed by atoms with van der Waals surface area (Å²) in [6.07, 6.45) is 7.29. The first-order chi connectivity index (χ1) is 37.2. The number of esters is 2. The molecule has 2 heterocycles. The highest BCUT2D eigenvalue weighted by Crippen LogP contribution is 2.30. The third-order valence-electron chi connectivity index (χ3n) is 12.8. The number of aryl methyl sites for hydroxylation is 3. The van der Waals surface area contributed by atoms with Gasteiger partial charge in [-0.2, -0.15) is 0 Å². The van der Waals surface area contributed by atoms with Crippen LogP contribution in [0.4, 0.5) is 0 Å². The lowest BCUT2D eigenvalue weighted by Gasteiger charge is -2.44. The van der Waals surface area contributed by atoms with Crippen molar-refractivity contribution in [3.05, 3.63) is 161 Å². The first-order valence-corrected chi connectivity index (χ1v) is 25.3. The molecule has 0 saturated carbocycles. The summed E-state index contributed by atoms with van der Waals surface area (Å²) in [5, 5.41) is 26.4. The van der Waals surface area contributed by atoms with Gasteiger partial charge in [0.05, 0.1) is 34.5 Å². The molecule has 0 aromatic heterocycles. The number of carbonyl (C=O) groups is 8. The van der Waals surface area contributed by atoms with Crippen LogP contribution in [0.5, 0.6) is 17.2 Å². The molecule has 0 bridgehead atoms. The van der Waals surface area contributed by atoms with Gasteiger partial charge in [-0.25, -0.2) is 19.2 Å². The van der Waals surface area contributed by atoms with E-state index in [4.69, 9.17) is 39.0 Å². The van der Waals surface area contributed by atoms with Crippen LogP contribution in [-0.2, 0) is 57.5 Å². The van der Waals surface area contributed by atoms with E-state index in [0.717, 1.165) is 78.2 Å². The van der Waals surface area contributed by atoms with Crippen molar-refractivity contribution < 1.29 is 77.4 Å². The van der Waals surface area contributed by atoms with Crippen LogP contribution >= 0.6 is 0 Å². The molecule has 0 spiro atoms. The lowest BCUT2D eigenvalue weighted by atomic mass is 9.91. The molecular formula is C60H70N2O16. The second-order valence-electron chi connectivity index (χ2n) is 18.0. The van der Waals surface area contributed by atoms with Crippen LogP contribution in [0.3, 0.4) is 0 Å². The fraction of sp³-hybridized carbons (Fsp3) is 0.367. The van der Waals surface area contributed by atoms with Crippen LogP contribution in [-0.4, -0.2) is 138 Å². The third kappa shape index (κ3) is 18.1. The van der Waals surface area contributed by atoms with Crippen molar-refractivity contribution in [1.29, 1.82) is 0 Å². The summed E-state index contributed by atoms with van der Waals surface area (Å²) in [6, 6.07) is 34.7. The summed E-state index contributed by atoms with van der Waals surface area (Å²) < 4.78 is 26.3. The number of likely N-dealkylation sites (tertiary alicyclic amines) is 2. The molecule has 18 heteroatoms. The monoisotopic (exact) mass is 1070 g/mol. The number of carbonyl (C=O) groups excluding carboxylic acids is 6. The van der Waals surface area contributed by atoms with Gasteiger partial charge in [0.15, 0.2) is 0 Å². The fourth-order valence-electron chi connectivity index (χ4n) is 8.34. The third-order valence-corrected chi connectivity index (χ3v) is 12.8. The Labute approximate surface area is 454 Å². The molecular weight excluding hydrogens is 1000 g/mol. The maximum Gasteiger partial charge on any atom is 0.328 e. The van der Waals surface area contributed by atoms with Crippen LogP contribution in [0.15, 0.2) is 133 Å². The number of hydrogen-bond acceptors (Lipinski definition) is 14. The Balaban J connectivity index is 0.000000315. The number of aliphatic hydroxyl groups excluding tert-OH is 1. The second-order valence-corrected chi connectivity index (χ2v) is 18.0. The van der Waals surface area contributed by atoms with Gasteiger partial charge in [0.25, 0.3) is 11.8 Å². The van der Waals surface area contributed by atoms with Crippen molar-refractivity contribution in [3.8, 4) is 17.2 Å². The lowest BCUT2D eigenvalue weighted by molar-refractivity contribution is -0.175. The van der Waals surface area contributed by atoms with Crippen molar-refractivity contribution >= 4 is 47.3 Å². The van der Waals surface area contributed by atoms with Gasteiger partial charge in [-0.3, -0.25) is 19.2 Å². The molecule has 2 fully saturated rings. The minimum atomic E-state index is -1.32. The van der Waals surface area contributed by atoms with Crippen molar-refractivity contribution in [2.75, 3.05) is 41.2 Å². The molecule has 2 aliphatic rings. The molecule has 416 valence electrons. The highest BCUT2D eigenvalue weighted by atomic mass is 16.5. The number of unbranched alkanes of at least 4 members (excludes halogenated alkanes) is 3. The zero-order valence-corrected chi connectivity index (χ0v) is 43.5. The van der Waals surface area contributed by atoms with Crippen molar-refractivity contribution in [1.82, 2.24) is 9.80 Å². The number of carboxylic acid groups (broad SMARTS) is 2. The Morgan fingerprint density at radius 3 is 1.05 bits per heavy atom. The zero-order chi connectivity index (χ0) is 55.7. The first-order valence-electron chi connectivity index (χ1n) is 25.3. The summed E-state index contributed by atoms with van der Waals surface area (Å²) in [7, 11) is 4.91. The van der Waals surface area contributed by atoms with Gasteiger partial charge < -0.3 is 48.8 Å². The summed E-state index contributed by atoms with van der Waals surface area (Å²) in [4.78, 5) is 99.5. The molecule has 18 nitrogen and oxygen atoms in total. The normalized spacial score (nSPS) is 15.8. The predicted molar refractivity (Wildman–Crippen MR) is 288 cm³/mol. The van der Waals surface area contributed by atoms with E-state index < -0.39 is 71.4 Å². The molecule has 7 rings (SSSR count). The Bertz CT molecular complexity index is 2620. The summed E-state index contributed by atoms with van der Waals surface area (Å²) >= 11 is 0. The van der Waals surface area contributed by atoms with E-state index in [0.29, 0.717) is 17.7 Å². The number of aliphatic carboxylic acids is 2. The molecule has 5 aromatic rings. The number of benzene rings is 5. The number of amides is 2. The largest absolute Gasteiger partial charge is 0.497 e. The molecule has 3 N–H and O–H groups in total. The maximum atomic E-state index is 13.3.